The summed E-state index contributed by atoms with van der Waals surface area (Å²) in [7, 11) is 0.925. The van der Waals surface area contributed by atoms with Crippen LogP contribution in [-0.4, -0.2) is 40.7 Å². The molecule has 0 aliphatic rings. The predicted molar refractivity (Wildman–Crippen MR) is 56.6 cm³/mol. The molecule has 0 aliphatic heterocycles. The van der Waals surface area contributed by atoms with Crippen molar-refractivity contribution in [2.45, 2.75) is 13.1 Å². The van der Waals surface area contributed by atoms with Crippen LogP contribution in [0.15, 0.2) is 12.2 Å². The summed E-state index contributed by atoms with van der Waals surface area (Å²) in [5.74, 6) is -1.16. The molecule has 0 atom stereocenters. The molecule has 0 N–H and O–H groups in total. The van der Waals surface area contributed by atoms with Gasteiger partial charge in [0.1, 0.15) is 6.23 Å². The summed E-state index contributed by atoms with van der Waals surface area (Å²) < 4.78 is 14.4. The normalized spacial score (nSPS) is 11.5. The minimum Gasteiger partial charge on any atom is -0.466 e. The van der Waals surface area contributed by atoms with Crippen LogP contribution in [0.4, 0.5) is 0 Å². The average molecular weight is 232 g/mol. The molecular weight excluding hydrogens is 216 g/mol. The number of hydrogen-bond donors (Lipinski definition) is 0. The van der Waals surface area contributed by atoms with Gasteiger partial charge in [0.05, 0.1) is 7.11 Å². The fourth-order valence-corrected chi connectivity index (χ4v) is 1.16. The maximum Gasteiger partial charge on any atom is 0.330 e. The van der Waals surface area contributed by atoms with Gasteiger partial charge in [-0.1, -0.05) is 0 Å². The van der Waals surface area contributed by atoms with Gasteiger partial charge >= 0.3 is 11.9 Å². The second-order valence-corrected chi connectivity index (χ2v) is 7.64. The molecule has 5 nitrogen and oxygen atoms in total. The fourth-order valence-electron chi connectivity index (χ4n) is 0.556. The molecule has 0 aromatic rings. The summed E-state index contributed by atoms with van der Waals surface area (Å²) in [5, 5.41) is 0. The van der Waals surface area contributed by atoms with Gasteiger partial charge in [-0.15, -0.1) is 0 Å². The van der Waals surface area contributed by atoms with E-state index in [-0.39, 0.29) is 6.23 Å². The van der Waals surface area contributed by atoms with Crippen LogP contribution in [0.5, 0.6) is 0 Å². The summed E-state index contributed by atoms with van der Waals surface area (Å²) in [6.45, 7) is 3.84. The molecule has 0 bridgehead atoms. The third-order valence-electron chi connectivity index (χ3n) is 1.67. The van der Waals surface area contributed by atoms with E-state index < -0.39 is 20.3 Å². The Labute approximate surface area is 90.1 Å². The van der Waals surface area contributed by atoms with Crippen molar-refractivity contribution in [1.82, 2.24) is 0 Å². The van der Waals surface area contributed by atoms with Crippen LogP contribution in [0.1, 0.15) is 0 Å². The zero-order chi connectivity index (χ0) is 11.9. The van der Waals surface area contributed by atoms with Crippen molar-refractivity contribution in [2.75, 3.05) is 20.4 Å². The summed E-state index contributed by atoms with van der Waals surface area (Å²) >= 11 is 0. The first kappa shape index (κ1) is 13.9. The third kappa shape index (κ3) is 6.87. The number of rotatable bonds is 5. The second kappa shape index (κ2) is 6.36. The predicted octanol–water partition coefficient (Wildman–Crippen LogP) is 0.649. The fraction of sp³-hybridized carbons (Fsp3) is 0.556. The van der Waals surface area contributed by atoms with Gasteiger partial charge in [-0.05, 0) is 13.1 Å². The highest BCUT2D eigenvalue weighted by molar-refractivity contribution is 6.71. The van der Waals surface area contributed by atoms with Crippen molar-refractivity contribution in [1.29, 1.82) is 0 Å². The van der Waals surface area contributed by atoms with Crippen LogP contribution in [0.2, 0.25) is 13.1 Å². The monoisotopic (exact) mass is 232 g/mol. The zero-order valence-electron chi connectivity index (χ0n) is 9.40. The first-order valence-corrected chi connectivity index (χ1v) is 7.51. The van der Waals surface area contributed by atoms with Crippen molar-refractivity contribution in [2.24, 2.45) is 0 Å². The Hall–Kier alpha value is -1.14. The molecule has 0 unspecified atom stereocenters. The Morgan fingerprint density at radius 2 is 1.67 bits per heavy atom. The molecule has 0 saturated heterocycles. The van der Waals surface area contributed by atoms with E-state index in [0.717, 1.165) is 12.2 Å². The van der Waals surface area contributed by atoms with Crippen LogP contribution in [0.3, 0.4) is 0 Å². The minimum absolute atomic E-state index is 0.258. The van der Waals surface area contributed by atoms with E-state index in [1.165, 1.54) is 7.11 Å². The van der Waals surface area contributed by atoms with Gasteiger partial charge in [0.2, 0.25) is 8.32 Å². The Morgan fingerprint density at radius 3 is 2.13 bits per heavy atom. The largest absolute Gasteiger partial charge is 0.466 e. The van der Waals surface area contributed by atoms with E-state index in [4.69, 9.17) is 9.16 Å². The molecule has 0 spiro atoms. The topological polar surface area (TPSA) is 61.8 Å². The lowest BCUT2D eigenvalue weighted by atomic mass is 10.5. The van der Waals surface area contributed by atoms with E-state index in [0.29, 0.717) is 0 Å². The summed E-state index contributed by atoms with van der Waals surface area (Å²) in [5.41, 5.74) is 0. The highest BCUT2D eigenvalue weighted by Crippen LogP contribution is 2.02. The van der Waals surface area contributed by atoms with E-state index in [2.05, 4.69) is 4.74 Å². The van der Waals surface area contributed by atoms with Gasteiger partial charge in [0.15, 0.2) is 0 Å². The van der Waals surface area contributed by atoms with Gasteiger partial charge in [0.25, 0.3) is 0 Å². The van der Waals surface area contributed by atoms with E-state index in [1.807, 2.05) is 13.1 Å². The number of carbonyl (C=O) groups excluding carboxylic acids is 2. The molecule has 86 valence electrons. The standard InChI is InChI=1S/C9H16O5Si/c1-12-8(10)5-6-9(11)14-7-15(3,4)13-2/h5-6H,7H2,1-4H3/b6-5+. The summed E-state index contributed by atoms with van der Waals surface area (Å²) in [4.78, 5) is 21.7. The molecule has 0 aromatic heterocycles. The van der Waals surface area contributed by atoms with Gasteiger partial charge in [-0.3, -0.25) is 0 Å². The van der Waals surface area contributed by atoms with Crippen molar-refractivity contribution in [3.8, 4) is 0 Å². The van der Waals surface area contributed by atoms with Gasteiger partial charge in [-0.2, -0.15) is 0 Å². The maximum absolute atomic E-state index is 11.1. The average Bonchev–Trinajstić information content (AvgIpc) is 2.23. The highest BCUT2D eigenvalue weighted by atomic mass is 28.4. The van der Waals surface area contributed by atoms with Gasteiger partial charge < -0.3 is 13.9 Å². The van der Waals surface area contributed by atoms with Crippen molar-refractivity contribution in [3.05, 3.63) is 12.2 Å². The third-order valence-corrected chi connectivity index (χ3v) is 3.62. The van der Waals surface area contributed by atoms with E-state index >= 15 is 0 Å². The first-order chi connectivity index (χ1) is 6.91. The SMILES string of the molecule is COC(=O)/C=C/C(=O)OC[Si](C)(C)OC. The molecular formula is C9H16O5Si. The molecule has 15 heavy (non-hydrogen) atoms. The van der Waals surface area contributed by atoms with Crippen LogP contribution in [0, 0.1) is 0 Å². The summed E-state index contributed by atoms with van der Waals surface area (Å²) in [6, 6.07) is 0. The molecule has 0 aromatic carbocycles. The molecule has 0 heterocycles. The van der Waals surface area contributed by atoms with Crippen LogP contribution in [0.25, 0.3) is 0 Å². The van der Waals surface area contributed by atoms with Crippen molar-refractivity contribution < 1.29 is 23.5 Å². The van der Waals surface area contributed by atoms with Crippen LogP contribution in [-0.2, 0) is 23.5 Å². The molecule has 0 radical (unpaired) electrons. The highest BCUT2D eigenvalue weighted by Gasteiger charge is 2.22. The molecule has 0 aliphatic carbocycles. The van der Waals surface area contributed by atoms with Gasteiger partial charge in [-0.25, -0.2) is 9.59 Å². The number of carbonyl (C=O) groups is 2. The van der Waals surface area contributed by atoms with Crippen molar-refractivity contribution >= 4 is 20.3 Å². The molecule has 0 saturated carbocycles. The summed E-state index contributed by atoms with van der Waals surface area (Å²) in [6.07, 6.45) is 2.31. The number of methoxy groups -OCH3 is 1. The lowest BCUT2D eigenvalue weighted by molar-refractivity contribution is -0.138. The lowest BCUT2D eigenvalue weighted by Gasteiger charge is -2.18. The zero-order valence-corrected chi connectivity index (χ0v) is 10.4. The van der Waals surface area contributed by atoms with Crippen LogP contribution < -0.4 is 0 Å². The molecule has 0 fully saturated rings. The Bertz CT molecular complexity index is 259. The molecule has 0 amide bonds. The number of hydrogen-bond acceptors (Lipinski definition) is 5. The van der Waals surface area contributed by atoms with Crippen molar-refractivity contribution in [3.63, 3.8) is 0 Å². The maximum atomic E-state index is 11.1. The minimum atomic E-state index is -1.90. The smallest absolute Gasteiger partial charge is 0.330 e. The molecule has 6 heteroatoms. The second-order valence-electron chi connectivity index (χ2n) is 3.43. The Kier molecular flexibility index (Phi) is 5.88. The van der Waals surface area contributed by atoms with Gasteiger partial charge in [0, 0.05) is 19.3 Å². The lowest BCUT2D eigenvalue weighted by Crippen LogP contribution is -2.36. The number of ether oxygens (including phenoxy) is 2. The quantitative estimate of drug-likeness (QED) is 0.395. The number of esters is 2. The first-order valence-electron chi connectivity index (χ1n) is 4.39. The Balaban J connectivity index is 3.96. The van der Waals surface area contributed by atoms with Crippen LogP contribution >= 0.6 is 0 Å². The Morgan fingerprint density at radius 1 is 1.13 bits per heavy atom. The van der Waals surface area contributed by atoms with E-state index in [1.54, 1.807) is 7.11 Å². The van der Waals surface area contributed by atoms with E-state index in [9.17, 15) is 9.59 Å². The molecule has 0 rings (SSSR count).